The lowest BCUT2D eigenvalue weighted by Crippen LogP contribution is -2.10. The highest BCUT2D eigenvalue weighted by Gasteiger charge is 2.22. The highest BCUT2D eigenvalue weighted by Crippen LogP contribution is 2.49. The van der Waals surface area contributed by atoms with Crippen LogP contribution in [0.25, 0.3) is 62.3 Å². The van der Waals surface area contributed by atoms with Gasteiger partial charge in [-0.3, -0.25) is 0 Å². The van der Waals surface area contributed by atoms with Crippen LogP contribution >= 0.6 is 22.7 Å². The molecule has 0 spiro atoms. The highest BCUT2D eigenvalue weighted by atomic mass is 32.1. The second-order valence-corrected chi connectivity index (χ2v) is 12.2. The van der Waals surface area contributed by atoms with E-state index >= 15 is 0 Å². The zero-order valence-corrected chi connectivity index (χ0v) is 22.9. The summed E-state index contributed by atoms with van der Waals surface area (Å²) in [4.78, 5) is 2.43. The molecule has 0 radical (unpaired) electrons. The molecule has 0 fully saturated rings. The Morgan fingerprint density at radius 3 is 1.60 bits per heavy atom. The molecule has 40 heavy (non-hydrogen) atoms. The molecule has 4 heteroatoms. The summed E-state index contributed by atoms with van der Waals surface area (Å²) in [5, 5.41) is 7.47. The lowest BCUT2D eigenvalue weighted by Gasteiger charge is -2.26. The summed E-state index contributed by atoms with van der Waals surface area (Å²) in [5.41, 5.74) is 5.26. The number of furan rings is 1. The van der Waals surface area contributed by atoms with Crippen LogP contribution < -0.4 is 4.90 Å². The first-order valence-electron chi connectivity index (χ1n) is 13.4. The third-order valence-corrected chi connectivity index (χ3v) is 10.3. The van der Waals surface area contributed by atoms with Gasteiger partial charge in [0.05, 0.1) is 20.8 Å². The van der Waals surface area contributed by atoms with Gasteiger partial charge < -0.3 is 9.32 Å². The summed E-state index contributed by atoms with van der Waals surface area (Å²) in [5.74, 6) is 0. The fourth-order valence-corrected chi connectivity index (χ4v) is 8.49. The number of hydrogen-bond acceptors (Lipinski definition) is 4. The van der Waals surface area contributed by atoms with Gasteiger partial charge in [-0.2, -0.15) is 0 Å². The Labute approximate surface area is 237 Å². The normalized spacial score (nSPS) is 12.0. The second kappa shape index (κ2) is 8.43. The monoisotopic (exact) mass is 547 g/mol. The molecule has 2 nitrogen and oxygen atoms in total. The van der Waals surface area contributed by atoms with E-state index in [0.29, 0.717) is 0 Å². The molecule has 0 aliphatic carbocycles. The molecule has 0 atom stereocenters. The molecule has 0 amide bonds. The predicted molar refractivity (Wildman–Crippen MR) is 174 cm³/mol. The number of hydrogen-bond donors (Lipinski definition) is 0. The van der Waals surface area contributed by atoms with Crippen molar-refractivity contribution < 1.29 is 4.42 Å². The minimum absolute atomic E-state index is 0.899. The summed E-state index contributed by atoms with van der Waals surface area (Å²) >= 11 is 3.72. The molecule has 9 rings (SSSR count). The average molecular weight is 548 g/mol. The number of nitrogens with zero attached hydrogens (tertiary/aromatic N) is 1. The minimum Gasteiger partial charge on any atom is -0.456 e. The third-order valence-electron chi connectivity index (χ3n) is 7.87. The number of para-hydroxylation sites is 1. The van der Waals surface area contributed by atoms with E-state index in [-0.39, 0.29) is 0 Å². The lowest BCUT2D eigenvalue weighted by atomic mass is 10.1. The van der Waals surface area contributed by atoms with Crippen molar-refractivity contribution >= 4 is 102 Å². The maximum atomic E-state index is 6.36. The van der Waals surface area contributed by atoms with Gasteiger partial charge in [0.2, 0.25) is 0 Å². The van der Waals surface area contributed by atoms with Crippen molar-refractivity contribution in [2.45, 2.75) is 0 Å². The Balaban J connectivity index is 1.38. The molecule has 188 valence electrons. The van der Waals surface area contributed by atoms with E-state index in [4.69, 9.17) is 4.42 Å². The molecule has 0 aliphatic heterocycles. The first-order valence-corrected chi connectivity index (χ1v) is 15.0. The average Bonchev–Trinajstić information content (AvgIpc) is 3.69. The van der Waals surface area contributed by atoms with Crippen molar-refractivity contribution in [2.24, 2.45) is 0 Å². The molecule has 0 unspecified atom stereocenters. The second-order valence-electron chi connectivity index (χ2n) is 10.1. The first-order chi connectivity index (χ1) is 19.8. The van der Waals surface area contributed by atoms with Crippen molar-refractivity contribution in [3.63, 3.8) is 0 Å². The molecule has 0 saturated carbocycles. The van der Waals surface area contributed by atoms with E-state index in [2.05, 4.69) is 120 Å². The van der Waals surface area contributed by atoms with Crippen LogP contribution in [-0.2, 0) is 0 Å². The smallest absolute Gasteiger partial charge is 0.137 e. The van der Waals surface area contributed by atoms with Crippen LogP contribution in [0.15, 0.2) is 132 Å². The van der Waals surface area contributed by atoms with Crippen molar-refractivity contribution in [3.8, 4) is 0 Å². The van der Waals surface area contributed by atoms with Crippen LogP contribution in [0, 0.1) is 0 Å². The molecule has 3 heterocycles. The van der Waals surface area contributed by atoms with E-state index in [1.54, 1.807) is 0 Å². The van der Waals surface area contributed by atoms with Gasteiger partial charge in [0.15, 0.2) is 0 Å². The Bertz CT molecular complexity index is 2290. The molecule has 9 aromatic rings. The lowest BCUT2D eigenvalue weighted by molar-refractivity contribution is 0.669. The highest BCUT2D eigenvalue weighted by molar-refractivity contribution is 7.27. The van der Waals surface area contributed by atoms with Gasteiger partial charge in [-0.15, -0.1) is 22.7 Å². The summed E-state index contributed by atoms with van der Waals surface area (Å²) in [6, 6.07) is 45.7. The summed E-state index contributed by atoms with van der Waals surface area (Å²) < 4.78 is 11.5. The number of anilines is 3. The molecule has 0 N–H and O–H groups in total. The van der Waals surface area contributed by atoms with Gasteiger partial charge >= 0.3 is 0 Å². The predicted octanol–water partition coefficient (Wildman–Crippen LogP) is 11.8. The summed E-state index contributed by atoms with van der Waals surface area (Å²) in [7, 11) is 0. The molecular formula is C36H21NOS2. The standard InChI is InChI=1S/C36H21NOS2/c1-4-16-31-23(9-1)24-20-19-22(21-32(24)38-31)37(29-14-7-12-27-25-10-2-5-17-33(25)39-35(27)29)30-15-8-13-28-26-11-3-6-18-34(26)40-36(28)30/h1-21H. The van der Waals surface area contributed by atoms with Gasteiger partial charge in [0, 0.05) is 53.5 Å². The van der Waals surface area contributed by atoms with Crippen molar-refractivity contribution in [1.29, 1.82) is 0 Å². The number of thiophene rings is 2. The number of benzene rings is 6. The van der Waals surface area contributed by atoms with E-state index in [0.717, 1.165) is 27.6 Å². The molecular weight excluding hydrogens is 527 g/mol. The fourth-order valence-electron chi connectivity index (χ4n) is 6.08. The summed E-state index contributed by atoms with van der Waals surface area (Å²) in [6.45, 7) is 0. The van der Waals surface area contributed by atoms with Gasteiger partial charge in [0.25, 0.3) is 0 Å². The van der Waals surface area contributed by atoms with Crippen molar-refractivity contribution in [2.75, 3.05) is 4.90 Å². The van der Waals surface area contributed by atoms with Crippen LogP contribution in [0.1, 0.15) is 0 Å². The van der Waals surface area contributed by atoms with Crippen LogP contribution in [-0.4, -0.2) is 0 Å². The Hall–Kier alpha value is -4.64. The van der Waals surface area contributed by atoms with E-state index in [1.165, 1.54) is 51.7 Å². The zero-order valence-electron chi connectivity index (χ0n) is 21.3. The van der Waals surface area contributed by atoms with E-state index < -0.39 is 0 Å². The molecule has 0 saturated heterocycles. The molecule has 3 aromatic heterocycles. The minimum atomic E-state index is 0.899. The van der Waals surface area contributed by atoms with Crippen molar-refractivity contribution in [1.82, 2.24) is 0 Å². The van der Waals surface area contributed by atoms with Crippen LogP contribution in [0.4, 0.5) is 17.1 Å². The zero-order chi connectivity index (χ0) is 26.2. The largest absolute Gasteiger partial charge is 0.456 e. The van der Waals surface area contributed by atoms with E-state index in [1.807, 2.05) is 34.8 Å². The Morgan fingerprint density at radius 1 is 0.425 bits per heavy atom. The Kier molecular flexibility index (Phi) is 4.68. The SMILES string of the molecule is c1ccc2c(c1)oc1cc(N(c3cccc4c3sc3ccccc34)c3cccc4c3sc3ccccc34)ccc12. The molecule has 0 bridgehead atoms. The molecule has 6 aromatic carbocycles. The van der Waals surface area contributed by atoms with Crippen LogP contribution in [0.5, 0.6) is 0 Å². The maximum Gasteiger partial charge on any atom is 0.137 e. The van der Waals surface area contributed by atoms with E-state index in [9.17, 15) is 0 Å². The first kappa shape index (κ1) is 22.2. The molecule has 0 aliphatic rings. The summed E-state index contributed by atoms with van der Waals surface area (Å²) in [6.07, 6.45) is 0. The maximum absolute atomic E-state index is 6.36. The number of fused-ring (bicyclic) bond motifs is 9. The fraction of sp³-hybridized carbons (Fsp3) is 0. The van der Waals surface area contributed by atoms with Gasteiger partial charge in [-0.05, 0) is 42.5 Å². The number of rotatable bonds is 3. The van der Waals surface area contributed by atoms with Crippen molar-refractivity contribution in [3.05, 3.63) is 127 Å². The van der Waals surface area contributed by atoms with Gasteiger partial charge in [-0.25, -0.2) is 0 Å². The van der Waals surface area contributed by atoms with Gasteiger partial charge in [0.1, 0.15) is 11.2 Å². The van der Waals surface area contributed by atoms with Crippen LogP contribution in [0.2, 0.25) is 0 Å². The van der Waals surface area contributed by atoms with Crippen LogP contribution in [0.3, 0.4) is 0 Å². The third kappa shape index (κ3) is 3.15. The quantitative estimate of drug-likeness (QED) is 0.219. The van der Waals surface area contributed by atoms with Gasteiger partial charge in [-0.1, -0.05) is 78.9 Å². The Morgan fingerprint density at radius 2 is 0.950 bits per heavy atom. The topological polar surface area (TPSA) is 16.4 Å².